The maximum Gasteiger partial charge on any atom is 0.416 e. The number of nitrogens with zero attached hydrogens (tertiary/aromatic N) is 4. The van der Waals surface area contributed by atoms with Crippen molar-refractivity contribution in [3.05, 3.63) is 71.0 Å². The molecule has 212 valence electrons. The van der Waals surface area contributed by atoms with E-state index in [9.17, 15) is 26.3 Å². The van der Waals surface area contributed by atoms with Crippen LogP contribution in [0, 0.1) is 0 Å². The fourth-order valence-corrected chi connectivity index (χ4v) is 5.58. The van der Waals surface area contributed by atoms with Crippen molar-refractivity contribution < 1.29 is 35.8 Å². The maximum absolute atomic E-state index is 13.1. The monoisotopic (exact) mass is 577 g/mol. The summed E-state index contributed by atoms with van der Waals surface area (Å²) < 4.78 is 92.0. The first-order valence-electron chi connectivity index (χ1n) is 12.1. The average molecular weight is 578 g/mol. The molecule has 2 saturated heterocycles. The molecule has 0 saturated carbocycles. The van der Waals surface area contributed by atoms with Gasteiger partial charge in [0.25, 0.3) is 0 Å². The van der Waals surface area contributed by atoms with Crippen LogP contribution in [-0.4, -0.2) is 45.6 Å². The van der Waals surface area contributed by atoms with Crippen LogP contribution in [0.3, 0.4) is 0 Å². The van der Waals surface area contributed by atoms with Crippen LogP contribution in [-0.2, 0) is 29.7 Å². The van der Waals surface area contributed by atoms with Gasteiger partial charge in [0.1, 0.15) is 12.4 Å². The lowest BCUT2D eigenvalue weighted by Crippen LogP contribution is -2.54. The molecule has 1 N–H and O–H groups in total. The van der Waals surface area contributed by atoms with E-state index in [2.05, 4.69) is 20.8 Å². The first-order chi connectivity index (χ1) is 18.0. The number of alkyl halides is 6. The Balaban J connectivity index is 0.00000353. The average Bonchev–Trinajstić information content (AvgIpc) is 3.43. The van der Waals surface area contributed by atoms with Crippen molar-refractivity contribution >= 4 is 12.4 Å². The van der Waals surface area contributed by atoms with E-state index >= 15 is 0 Å². The Bertz CT molecular complexity index is 1240. The zero-order valence-electron chi connectivity index (χ0n) is 20.7. The first kappa shape index (κ1) is 29.1. The van der Waals surface area contributed by atoms with Gasteiger partial charge in [0, 0.05) is 19.0 Å². The summed E-state index contributed by atoms with van der Waals surface area (Å²) in [6.45, 7) is -0.251. The van der Waals surface area contributed by atoms with Gasteiger partial charge in [0.15, 0.2) is 5.82 Å². The number of benzene rings is 2. The second-order valence-electron chi connectivity index (χ2n) is 9.59. The molecule has 2 fully saturated rings. The number of aryl methyl sites for hydroxylation is 1. The maximum atomic E-state index is 13.1. The summed E-state index contributed by atoms with van der Waals surface area (Å²) in [4.78, 5) is 0. The third-order valence-corrected chi connectivity index (χ3v) is 7.27. The highest BCUT2D eigenvalue weighted by Crippen LogP contribution is 2.50. The fourth-order valence-electron chi connectivity index (χ4n) is 5.58. The molecule has 7 nitrogen and oxygen atoms in total. The Morgan fingerprint density at radius 1 is 0.974 bits per heavy atom. The number of fused-ring (bicyclic) bond motifs is 2. The van der Waals surface area contributed by atoms with Gasteiger partial charge in [-0.15, -0.1) is 17.5 Å². The van der Waals surface area contributed by atoms with E-state index in [-0.39, 0.29) is 49.8 Å². The number of piperidine rings is 1. The molecule has 2 aromatic carbocycles. The molecule has 0 amide bonds. The molecule has 3 aromatic rings. The normalized spacial score (nSPS) is 24.8. The molecule has 0 aliphatic carbocycles. The van der Waals surface area contributed by atoms with Gasteiger partial charge in [0.05, 0.1) is 29.4 Å². The van der Waals surface area contributed by atoms with Crippen LogP contribution in [0.15, 0.2) is 48.5 Å². The highest BCUT2D eigenvalue weighted by atomic mass is 35.5. The Kier molecular flexibility index (Phi) is 8.16. The van der Waals surface area contributed by atoms with Gasteiger partial charge in [-0.05, 0) is 53.5 Å². The summed E-state index contributed by atoms with van der Waals surface area (Å²) in [6, 6.07) is 11.1. The molecule has 0 unspecified atom stereocenters. The van der Waals surface area contributed by atoms with Crippen LogP contribution in [0.25, 0.3) is 0 Å². The van der Waals surface area contributed by atoms with Gasteiger partial charge in [-0.25, -0.2) is 4.68 Å². The van der Waals surface area contributed by atoms with Gasteiger partial charge in [0.2, 0.25) is 0 Å². The number of nitrogens with one attached hydrogen (secondary N) is 1. The molecule has 3 heterocycles. The predicted octanol–water partition coefficient (Wildman–Crippen LogP) is 5.27. The van der Waals surface area contributed by atoms with E-state index in [0.717, 1.165) is 17.8 Å². The number of hydrogen-bond acceptors (Lipinski definition) is 6. The van der Waals surface area contributed by atoms with Gasteiger partial charge in [-0.1, -0.05) is 30.3 Å². The van der Waals surface area contributed by atoms with Crippen molar-refractivity contribution in [1.29, 1.82) is 0 Å². The van der Waals surface area contributed by atoms with Gasteiger partial charge < -0.3 is 14.8 Å². The molecule has 14 heteroatoms. The van der Waals surface area contributed by atoms with E-state index in [1.165, 1.54) is 0 Å². The standard InChI is InChI=1S/C25H25F6N5O2.ClH/c1-36-22(33-34-35-36)19-14-23(15-5-3-2-4-6-15)21(8-7-20(19)32-23)38-10-9-37-18-12-16(24(26,27)28)11-17(13-18)25(29,30)31;/h2-6,11-13,19-21,32H,7-10,14H2,1H3;1H/t19-,20+,21-,23-;/m0./s1. The van der Waals surface area contributed by atoms with E-state index in [1.807, 2.05) is 30.3 Å². The van der Waals surface area contributed by atoms with Crippen molar-refractivity contribution in [3.63, 3.8) is 0 Å². The van der Waals surface area contributed by atoms with Crippen molar-refractivity contribution in [1.82, 2.24) is 25.5 Å². The molecule has 0 spiro atoms. The second-order valence-corrected chi connectivity index (χ2v) is 9.59. The fraction of sp³-hybridized carbons (Fsp3) is 0.480. The van der Waals surface area contributed by atoms with Crippen LogP contribution in [0.1, 0.15) is 47.7 Å². The Morgan fingerprint density at radius 3 is 2.23 bits per heavy atom. The second kappa shape index (κ2) is 10.9. The minimum Gasteiger partial charge on any atom is -0.491 e. The smallest absolute Gasteiger partial charge is 0.416 e. The minimum absolute atomic E-state index is 0. The van der Waals surface area contributed by atoms with Crippen molar-refractivity contribution in [2.75, 3.05) is 13.2 Å². The third kappa shape index (κ3) is 5.85. The van der Waals surface area contributed by atoms with Crippen LogP contribution in [0.4, 0.5) is 26.3 Å². The van der Waals surface area contributed by atoms with Gasteiger partial charge >= 0.3 is 12.4 Å². The van der Waals surface area contributed by atoms with Crippen molar-refractivity contribution in [2.45, 2.75) is 55.2 Å². The lowest BCUT2D eigenvalue weighted by Gasteiger charge is -2.42. The summed E-state index contributed by atoms with van der Waals surface area (Å²) in [5.74, 6) is 0.270. The molecule has 2 aliphatic heterocycles. The number of ether oxygens (including phenoxy) is 2. The molecular weight excluding hydrogens is 552 g/mol. The molecule has 39 heavy (non-hydrogen) atoms. The van der Waals surface area contributed by atoms with Crippen LogP contribution >= 0.6 is 12.4 Å². The van der Waals surface area contributed by atoms with E-state index in [1.54, 1.807) is 11.7 Å². The topological polar surface area (TPSA) is 74.1 Å². The largest absolute Gasteiger partial charge is 0.491 e. The SMILES string of the molecule is Cl.Cn1nnnc1[C@H]1C[C@@]2(c3ccccc3)N[C@@H]1CC[C@@H]2OCCOc1cc(C(F)(F)F)cc(C(F)(F)F)c1. The zero-order valence-corrected chi connectivity index (χ0v) is 21.5. The third-order valence-electron chi connectivity index (χ3n) is 7.27. The van der Waals surface area contributed by atoms with Crippen LogP contribution < -0.4 is 10.1 Å². The molecule has 4 atom stereocenters. The summed E-state index contributed by atoms with van der Waals surface area (Å²) in [5.41, 5.74) is -2.41. The number of rotatable bonds is 7. The summed E-state index contributed by atoms with van der Waals surface area (Å²) >= 11 is 0. The van der Waals surface area contributed by atoms with Gasteiger partial charge in [-0.2, -0.15) is 26.3 Å². The lowest BCUT2D eigenvalue weighted by atomic mass is 9.80. The highest BCUT2D eigenvalue weighted by Gasteiger charge is 2.55. The lowest BCUT2D eigenvalue weighted by molar-refractivity contribution is -0.143. The summed E-state index contributed by atoms with van der Waals surface area (Å²) in [5, 5.41) is 15.7. The molecule has 2 bridgehead atoms. The quantitative estimate of drug-likeness (QED) is 0.305. The number of aromatic nitrogens is 4. The highest BCUT2D eigenvalue weighted by molar-refractivity contribution is 5.85. The molecule has 2 aliphatic rings. The molecule has 5 rings (SSSR count). The van der Waals surface area contributed by atoms with Crippen molar-refractivity contribution in [3.8, 4) is 5.75 Å². The molecular formula is C25H26ClF6N5O2. The minimum atomic E-state index is -4.94. The summed E-state index contributed by atoms with van der Waals surface area (Å²) in [6.07, 6.45) is -8.08. The molecule has 1 aromatic heterocycles. The van der Waals surface area contributed by atoms with Crippen LogP contribution in [0.5, 0.6) is 5.75 Å². The summed E-state index contributed by atoms with van der Waals surface area (Å²) in [7, 11) is 1.79. The zero-order chi connectivity index (χ0) is 27.1. The Morgan fingerprint density at radius 2 is 1.64 bits per heavy atom. The number of hydrogen-bond donors (Lipinski definition) is 1. The van der Waals surface area contributed by atoms with E-state index in [4.69, 9.17) is 9.47 Å². The molecule has 0 radical (unpaired) electrons. The van der Waals surface area contributed by atoms with E-state index in [0.29, 0.717) is 25.0 Å². The first-order valence-corrected chi connectivity index (χ1v) is 12.1. The van der Waals surface area contributed by atoms with Crippen LogP contribution in [0.2, 0.25) is 0 Å². The Hall–Kier alpha value is -2.90. The number of halogens is 7. The predicted molar refractivity (Wildman–Crippen MR) is 129 cm³/mol. The Labute approximate surface area is 226 Å². The van der Waals surface area contributed by atoms with Gasteiger partial charge in [-0.3, -0.25) is 0 Å². The van der Waals surface area contributed by atoms with E-state index < -0.39 is 34.8 Å². The van der Waals surface area contributed by atoms with Crippen molar-refractivity contribution in [2.24, 2.45) is 7.05 Å². The number of tetrazole rings is 1.